The van der Waals surface area contributed by atoms with Crippen molar-refractivity contribution in [2.75, 3.05) is 18.8 Å². The molecule has 4 N–H and O–H groups in total. The number of nitrogens with one attached hydrogen (secondary N) is 2. The predicted octanol–water partition coefficient (Wildman–Crippen LogP) is 0.953. The van der Waals surface area contributed by atoms with Gasteiger partial charge in [0.2, 0.25) is 0 Å². The molecule has 3 rings (SSSR count). The van der Waals surface area contributed by atoms with Gasteiger partial charge in [0, 0.05) is 30.5 Å². The maximum atomic E-state index is 12.0. The zero-order valence-electron chi connectivity index (χ0n) is 10.5. The molecule has 0 saturated carbocycles. The number of anilines is 1. The Balaban J connectivity index is 1.58. The largest absolute Gasteiger partial charge is 0.397 e. The van der Waals surface area contributed by atoms with Crippen LogP contribution in [0.15, 0.2) is 12.3 Å². The fourth-order valence-corrected chi connectivity index (χ4v) is 3.16. The molecule has 1 amide bonds. The van der Waals surface area contributed by atoms with E-state index in [9.17, 15) is 4.79 Å². The zero-order chi connectivity index (χ0) is 12.5. The fraction of sp³-hybridized carbons (Fsp3) is 0.615. The van der Waals surface area contributed by atoms with Crippen LogP contribution in [0.1, 0.15) is 36.2 Å². The molecule has 0 aliphatic carbocycles. The van der Waals surface area contributed by atoms with Gasteiger partial charge in [0.05, 0.1) is 0 Å². The number of carbonyl (C=O) groups is 1. The van der Waals surface area contributed by atoms with Crippen LogP contribution in [0.5, 0.6) is 0 Å². The summed E-state index contributed by atoms with van der Waals surface area (Å²) in [6.45, 7) is 2.35. The molecule has 2 aliphatic rings. The van der Waals surface area contributed by atoms with Crippen molar-refractivity contribution >= 4 is 11.6 Å². The lowest BCUT2D eigenvalue weighted by atomic mass is 9.97. The molecule has 1 aromatic rings. The highest BCUT2D eigenvalue weighted by Crippen LogP contribution is 2.26. The molecule has 2 aliphatic heterocycles. The summed E-state index contributed by atoms with van der Waals surface area (Å²) in [5.74, 6) is -0.0388. The summed E-state index contributed by atoms with van der Waals surface area (Å²) in [7, 11) is 0. The summed E-state index contributed by atoms with van der Waals surface area (Å²) < 4.78 is 0. The van der Waals surface area contributed by atoms with Gasteiger partial charge >= 0.3 is 0 Å². The Bertz CT molecular complexity index is 442. The lowest BCUT2D eigenvalue weighted by Gasteiger charge is -2.35. The number of carbonyl (C=O) groups excluding carboxylic acids is 1. The van der Waals surface area contributed by atoms with Crippen molar-refractivity contribution in [3.63, 3.8) is 0 Å². The van der Waals surface area contributed by atoms with Crippen LogP contribution in [0, 0.1) is 0 Å². The van der Waals surface area contributed by atoms with E-state index in [4.69, 9.17) is 5.73 Å². The van der Waals surface area contributed by atoms with E-state index >= 15 is 0 Å². The lowest BCUT2D eigenvalue weighted by molar-refractivity contribution is 0.0892. The van der Waals surface area contributed by atoms with E-state index in [1.54, 1.807) is 12.3 Å². The first-order valence-electron chi connectivity index (χ1n) is 6.71. The van der Waals surface area contributed by atoms with Crippen molar-refractivity contribution in [2.45, 2.75) is 37.8 Å². The Morgan fingerprint density at radius 2 is 2.33 bits per heavy atom. The van der Waals surface area contributed by atoms with Gasteiger partial charge in [-0.05, 0) is 38.3 Å². The average Bonchev–Trinajstić information content (AvgIpc) is 2.96. The molecular weight excluding hydrogens is 228 g/mol. The third kappa shape index (κ3) is 2.22. The van der Waals surface area contributed by atoms with Gasteiger partial charge < -0.3 is 20.9 Å². The monoisotopic (exact) mass is 248 g/mol. The van der Waals surface area contributed by atoms with Gasteiger partial charge in [-0.15, -0.1) is 0 Å². The standard InChI is InChI=1S/C13H20N4O/c14-9-6-12(15-8-9)13(18)16-10-3-5-17-4-1-2-11(17)7-10/h6,8,10-11,15H,1-5,7,14H2,(H,16,18). The minimum absolute atomic E-state index is 0.0388. The second kappa shape index (κ2) is 4.65. The normalized spacial score (nSPS) is 28.0. The number of nitrogens with zero attached hydrogens (tertiary/aromatic N) is 1. The van der Waals surface area contributed by atoms with E-state index in [2.05, 4.69) is 15.2 Å². The molecule has 1 aromatic heterocycles. The van der Waals surface area contributed by atoms with Crippen molar-refractivity contribution in [3.8, 4) is 0 Å². The Kier molecular flexibility index (Phi) is 2.99. The van der Waals surface area contributed by atoms with Gasteiger partial charge in [-0.25, -0.2) is 0 Å². The van der Waals surface area contributed by atoms with E-state index in [1.165, 1.54) is 19.4 Å². The summed E-state index contributed by atoms with van der Waals surface area (Å²) in [5.41, 5.74) is 6.76. The average molecular weight is 248 g/mol. The number of H-pyrrole nitrogens is 1. The maximum Gasteiger partial charge on any atom is 0.267 e. The van der Waals surface area contributed by atoms with Gasteiger partial charge in [0.15, 0.2) is 0 Å². The van der Waals surface area contributed by atoms with Crippen LogP contribution in [0.3, 0.4) is 0 Å². The summed E-state index contributed by atoms with van der Waals surface area (Å²) in [4.78, 5) is 17.5. The molecular formula is C13H20N4O. The predicted molar refractivity (Wildman–Crippen MR) is 70.3 cm³/mol. The van der Waals surface area contributed by atoms with Gasteiger partial charge in [-0.3, -0.25) is 4.79 Å². The van der Waals surface area contributed by atoms with Crippen LogP contribution in [-0.2, 0) is 0 Å². The molecule has 18 heavy (non-hydrogen) atoms. The molecule has 2 unspecified atom stereocenters. The molecule has 0 aromatic carbocycles. The Labute approximate surface area is 107 Å². The van der Waals surface area contributed by atoms with Gasteiger partial charge in [0.1, 0.15) is 5.69 Å². The van der Waals surface area contributed by atoms with Crippen LogP contribution >= 0.6 is 0 Å². The minimum Gasteiger partial charge on any atom is -0.397 e. The number of piperidine rings is 1. The molecule has 0 spiro atoms. The van der Waals surface area contributed by atoms with Crippen LogP contribution in [0.4, 0.5) is 5.69 Å². The Morgan fingerprint density at radius 3 is 3.11 bits per heavy atom. The van der Waals surface area contributed by atoms with E-state index in [-0.39, 0.29) is 5.91 Å². The highest BCUT2D eigenvalue weighted by Gasteiger charge is 2.32. The number of aromatic nitrogens is 1. The quantitative estimate of drug-likeness (QED) is 0.729. The summed E-state index contributed by atoms with van der Waals surface area (Å²) in [5, 5.41) is 3.11. The number of nitrogens with two attached hydrogens (primary N) is 1. The van der Waals surface area contributed by atoms with Crippen LogP contribution < -0.4 is 11.1 Å². The van der Waals surface area contributed by atoms with Crippen LogP contribution in [0.25, 0.3) is 0 Å². The highest BCUT2D eigenvalue weighted by molar-refractivity contribution is 5.93. The number of hydrogen-bond acceptors (Lipinski definition) is 3. The maximum absolute atomic E-state index is 12.0. The SMILES string of the molecule is Nc1c[nH]c(C(=O)NC2CCN3CCCC3C2)c1. The molecule has 2 saturated heterocycles. The second-order valence-corrected chi connectivity index (χ2v) is 5.37. The zero-order valence-corrected chi connectivity index (χ0v) is 10.5. The fourth-order valence-electron chi connectivity index (χ4n) is 3.16. The van der Waals surface area contributed by atoms with E-state index in [0.717, 1.165) is 19.4 Å². The second-order valence-electron chi connectivity index (χ2n) is 5.37. The van der Waals surface area contributed by atoms with Crippen LogP contribution in [-0.4, -0.2) is 41.0 Å². The summed E-state index contributed by atoms with van der Waals surface area (Å²) in [6.07, 6.45) is 6.37. The van der Waals surface area contributed by atoms with Crippen molar-refractivity contribution in [3.05, 3.63) is 18.0 Å². The lowest BCUT2D eigenvalue weighted by Crippen LogP contribution is -2.47. The molecule has 5 heteroatoms. The number of rotatable bonds is 2. The molecule has 98 valence electrons. The third-order valence-corrected chi connectivity index (χ3v) is 4.11. The molecule has 2 atom stereocenters. The van der Waals surface area contributed by atoms with Gasteiger partial charge in [-0.1, -0.05) is 0 Å². The number of aromatic amines is 1. The minimum atomic E-state index is -0.0388. The Morgan fingerprint density at radius 1 is 1.44 bits per heavy atom. The van der Waals surface area contributed by atoms with Gasteiger partial charge in [0.25, 0.3) is 5.91 Å². The molecule has 5 nitrogen and oxygen atoms in total. The summed E-state index contributed by atoms with van der Waals surface area (Å²) >= 11 is 0. The highest BCUT2D eigenvalue weighted by atomic mass is 16.1. The van der Waals surface area contributed by atoms with E-state index in [0.29, 0.717) is 23.5 Å². The number of hydrogen-bond donors (Lipinski definition) is 3. The first kappa shape index (κ1) is 11.6. The van der Waals surface area contributed by atoms with Gasteiger partial charge in [-0.2, -0.15) is 0 Å². The molecule has 0 radical (unpaired) electrons. The van der Waals surface area contributed by atoms with E-state index < -0.39 is 0 Å². The van der Waals surface area contributed by atoms with Crippen molar-refractivity contribution in [1.29, 1.82) is 0 Å². The number of amides is 1. The first-order chi connectivity index (χ1) is 8.72. The third-order valence-electron chi connectivity index (χ3n) is 4.11. The summed E-state index contributed by atoms with van der Waals surface area (Å²) in [6, 6.07) is 2.67. The Hall–Kier alpha value is -1.49. The smallest absolute Gasteiger partial charge is 0.267 e. The van der Waals surface area contributed by atoms with Crippen molar-refractivity contribution in [2.24, 2.45) is 0 Å². The number of nitrogen functional groups attached to an aromatic ring is 1. The number of fused-ring (bicyclic) bond motifs is 1. The van der Waals surface area contributed by atoms with Crippen molar-refractivity contribution < 1.29 is 4.79 Å². The van der Waals surface area contributed by atoms with Crippen LogP contribution in [0.2, 0.25) is 0 Å². The topological polar surface area (TPSA) is 74.1 Å². The molecule has 0 bridgehead atoms. The molecule has 3 heterocycles. The van der Waals surface area contributed by atoms with E-state index in [1.807, 2.05) is 0 Å². The van der Waals surface area contributed by atoms with Crippen molar-refractivity contribution in [1.82, 2.24) is 15.2 Å². The molecule has 2 fully saturated rings. The first-order valence-corrected chi connectivity index (χ1v) is 6.71.